The molecule has 3 rings (SSSR count). The summed E-state index contributed by atoms with van der Waals surface area (Å²) in [6, 6.07) is 22.0. The van der Waals surface area contributed by atoms with Gasteiger partial charge in [0.2, 0.25) is 0 Å². The Morgan fingerprint density at radius 3 is 1.83 bits per heavy atom. The molecule has 1 fully saturated rings. The van der Waals surface area contributed by atoms with Crippen molar-refractivity contribution in [1.82, 2.24) is 10.9 Å². The van der Waals surface area contributed by atoms with Gasteiger partial charge in [0.25, 0.3) is 0 Å². The second-order valence-corrected chi connectivity index (χ2v) is 4.77. The lowest BCUT2D eigenvalue weighted by atomic mass is 9.84. The topological polar surface area (TPSA) is 24.1 Å². The maximum Gasteiger partial charge on any atom is 0.0334 e. The van der Waals surface area contributed by atoms with Crippen LogP contribution in [0.1, 0.15) is 23.5 Å². The first-order valence-corrected chi connectivity index (χ1v) is 6.53. The van der Waals surface area contributed by atoms with Gasteiger partial charge in [0.1, 0.15) is 0 Å². The lowest BCUT2D eigenvalue weighted by molar-refractivity contribution is 0.506. The van der Waals surface area contributed by atoms with Crippen LogP contribution in [0.3, 0.4) is 0 Å². The van der Waals surface area contributed by atoms with E-state index in [0.717, 1.165) is 13.0 Å². The fourth-order valence-corrected chi connectivity index (χ4v) is 2.73. The molecule has 1 atom stereocenters. The minimum absolute atomic E-state index is 0.419. The highest BCUT2D eigenvalue weighted by atomic mass is 15.4. The van der Waals surface area contributed by atoms with Crippen LogP contribution in [0.25, 0.3) is 0 Å². The molecule has 0 amide bonds. The molecule has 1 unspecified atom stereocenters. The molecule has 1 aliphatic rings. The first kappa shape index (κ1) is 11.5. The van der Waals surface area contributed by atoms with Gasteiger partial charge in [-0.1, -0.05) is 60.7 Å². The summed E-state index contributed by atoms with van der Waals surface area (Å²) < 4.78 is 0. The van der Waals surface area contributed by atoms with Gasteiger partial charge in [-0.3, -0.25) is 10.9 Å². The van der Waals surface area contributed by atoms with Crippen molar-refractivity contribution in [2.24, 2.45) is 0 Å². The quantitative estimate of drug-likeness (QED) is 0.859. The van der Waals surface area contributed by atoms with E-state index in [0.29, 0.717) is 12.0 Å². The van der Waals surface area contributed by atoms with Crippen LogP contribution in [-0.4, -0.2) is 12.6 Å². The molecule has 1 saturated heterocycles. The largest absolute Gasteiger partial charge is 0.258 e. The lowest BCUT2D eigenvalue weighted by Crippen LogP contribution is -2.35. The molecule has 1 aliphatic heterocycles. The van der Waals surface area contributed by atoms with Crippen LogP contribution in [0.2, 0.25) is 0 Å². The number of nitrogens with one attached hydrogen (secondary N) is 2. The predicted octanol–water partition coefficient (Wildman–Crippen LogP) is 2.68. The molecule has 2 aromatic rings. The molecular weight excluding hydrogens is 220 g/mol. The van der Waals surface area contributed by atoms with Crippen molar-refractivity contribution in [2.75, 3.05) is 6.54 Å². The highest BCUT2D eigenvalue weighted by Crippen LogP contribution is 2.30. The van der Waals surface area contributed by atoms with Crippen LogP contribution in [0.4, 0.5) is 0 Å². The van der Waals surface area contributed by atoms with Crippen molar-refractivity contribution in [3.05, 3.63) is 71.8 Å². The first-order chi connectivity index (χ1) is 8.95. The van der Waals surface area contributed by atoms with Gasteiger partial charge in [-0.15, -0.1) is 0 Å². The van der Waals surface area contributed by atoms with Crippen molar-refractivity contribution in [2.45, 2.75) is 18.4 Å². The molecule has 0 aromatic heterocycles. The van der Waals surface area contributed by atoms with Crippen molar-refractivity contribution in [3.63, 3.8) is 0 Å². The third-order valence-electron chi connectivity index (χ3n) is 3.59. The van der Waals surface area contributed by atoms with Gasteiger partial charge in [-0.2, -0.15) is 0 Å². The van der Waals surface area contributed by atoms with Crippen molar-refractivity contribution in [1.29, 1.82) is 0 Å². The predicted molar refractivity (Wildman–Crippen MR) is 74.3 cm³/mol. The molecule has 18 heavy (non-hydrogen) atoms. The van der Waals surface area contributed by atoms with Crippen LogP contribution in [0.15, 0.2) is 60.7 Å². The lowest BCUT2D eigenvalue weighted by Gasteiger charge is -2.24. The Morgan fingerprint density at radius 2 is 1.39 bits per heavy atom. The van der Waals surface area contributed by atoms with E-state index in [-0.39, 0.29) is 0 Å². The number of hydrogen-bond acceptors (Lipinski definition) is 2. The smallest absolute Gasteiger partial charge is 0.0334 e. The molecule has 0 aliphatic carbocycles. The van der Waals surface area contributed by atoms with E-state index >= 15 is 0 Å². The minimum atomic E-state index is 0.419. The van der Waals surface area contributed by atoms with Gasteiger partial charge in [0.05, 0.1) is 0 Å². The monoisotopic (exact) mass is 238 g/mol. The van der Waals surface area contributed by atoms with Crippen LogP contribution >= 0.6 is 0 Å². The third-order valence-corrected chi connectivity index (χ3v) is 3.59. The van der Waals surface area contributed by atoms with Crippen LogP contribution in [-0.2, 0) is 0 Å². The molecule has 92 valence electrons. The van der Waals surface area contributed by atoms with E-state index in [1.807, 2.05) is 0 Å². The summed E-state index contributed by atoms with van der Waals surface area (Å²) in [5.41, 5.74) is 9.41. The second-order valence-electron chi connectivity index (χ2n) is 4.77. The molecule has 1 heterocycles. The van der Waals surface area contributed by atoms with E-state index in [2.05, 4.69) is 71.5 Å². The Hall–Kier alpha value is -1.64. The Labute approximate surface area is 108 Å². The van der Waals surface area contributed by atoms with Gasteiger partial charge >= 0.3 is 0 Å². The summed E-state index contributed by atoms with van der Waals surface area (Å²) in [7, 11) is 0. The minimum Gasteiger partial charge on any atom is -0.258 e. The summed E-state index contributed by atoms with van der Waals surface area (Å²) >= 11 is 0. The normalized spacial score (nSPS) is 19.3. The Balaban J connectivity index is 1.98. The average Bonchev–Trinajstić information content (AvgIpc) is 2.95. The molecule has 2 heteroatoms. The standard InChI is InChI=1S/C16H18N2/c1-3-7-13(8-4-1)16(15-11-12-17-18-15)14-9-5-2-6-10-14/h1-10,15-18H,11-12H2. The van der Waals surface area contributed by atoms with Gasteiger partial charge in [-0.05, 0) is 17.5 Å². The summed E-state index contributed by atoms with van der Waals surface area (Å²) in [6.07, 6.45) is 1.16. The number of benzene rings is 2. The zero-order chi connectivity index (χ0) is 12.2. The average molecular weight is 238 g/mol. The van der Waals surface area contributed by atoms with Gasteiger partial charge in [-0.25, -0.2) is 0 Å². The SMILES string of the molecule is c1ccc(C(c2ccccc2)C2CCNN2)cc1. The summed E-state index contributed by atoms with van der Waals surface area (Å²) in [5, 5.41) is 0. The first-order valence-electron chi connectivity index (χ1n) is 6.53. The summed E-state index contributed by atoms with van der Waals surface area (Å²) in [4.78, 5) is 0. The Kier molecular flexibility index (Phi) is 3.40. The fraction of sp³-hybridized carbons (Fsp3) is 0.250. The zero-order valence-corrected chi connectivity index (χ0v) is 10.3. The highest BCUT2D eigenvalue weighted by Gasteiger charge is 2.26. The van der Waals surface area contributed by atoms with E-state index < -0.39 is 0 Å². The third kappa shape index (κ3) is 2.30. The van der Waals surface area contributed by atoms with Gasteiger partial charge in [0, 0.05) is 18.5 Å². The van der Waals surface area contributed by atoms with Crippen LogP contribution in [0, 0.1) is 0 Å². The van der Waals surface area contributed by atoms with Crippen molar-refractivity contribution in [3.8, 4) is 0 Å². The summed E-state index contributed by atoms with van der Waals surface area (Å²) in [6.45, 7) is 1.04. The Bertz CT molecular complexity index is 435. The van der Waals surface area contributed by atoms with Gasteiger partial charge < -0.3 is 0 Å². The molecular formula is C16H18N2. The van der Waals surface area contributed by atoms with Gasteiger partial charge in [0.15, 0.2) is 0 Å². The van der Waals surface area contributed by atoms with E-state index in [1.165, 1.54) is 11.1 Å². The molecule has 0 radical (unpaired) electrons. The number of hydrogen-bond donors (Lipinski definition) is 2. The van der Waals surface area contributed by atoms with E-state index in [9.17, 15) is 0 Å². The second kappa shape index (κ2) is 5.34. The van der Waals surface area contributed by atoms with Crippen molar-refractivity contribution >= 4 is 0 Å². The zero-order valence-electron chi connectivity index (χ0n) is 10.3. The highest BCUT2D eigenvalue weighted by molar-refractivity contribution is 5.34. The maximum atomic E-state index is 3.40. The molecule has 0 saturated carbocycles. The summed E-state index contributed by atoms with van der Waals surface area (Å²) in [5.74, 6) is 0.419. The van der Waals surface area contributed by atoms with Crippen molar-refractivity contribution < 1.29 is 0 Å². The Morgan fingerprint density at radius 1 is 0.833 bits per heavy atom. The number of hydrazine groups is 1. The molecule has 2 nitrogen and oxygen atoms in total. The van der Waals surface area contributed by atoms with Crippen LogP contribution in [0.5, 0.6) is 0 Å². The number of rotatable bonds is 3. The van der Waals surface area contributed by atoms with Crippen LogP contribution < -0.4 is 10.9 Å². The van der Waals surface area contributed by atoms with E-state index in [4.69, 9.17) is 0 Å². The molecule has 0 bridgehead atoms. The maximum absolute atomic E-state index is 3.40. The van der Waals surface area contributed by atoms with E-state index in [1.54, 1.807) is 0 Å². The molecule has 2 N–H and O–H groups in total. The molecule has 2 aromatic carbocycles. The fourth-order valence-electron chi connectivity index (χ4n) is 2.73. The molecule has 0 spiro atoms.